The Labute approximate surface area is 101 Å². The summed E-state index contributed by atoms with van der Waals surface area (Å²) in [6, 6.07) is 3.82. The standard InChI is InChI=1S/C8H6BrNO4.C2H6/c9-4-6-2-1-5(8(11)12)3-7(6)10(13)14;1-2/h1-3H,4H2,(H,11,12);1-2H3. The second kappa shape index (κ2) is 6.95. The molecule has 0 unspecified atom stereocenters. The second-order valence-electron chi connectivity index (χ2n) is 2.54. The van der Waals surface area contributed by atoms with E-state index in [0.29, 0.717) is 10.9 Å². The first-order valence-corrected chi connectivity index (χ1v) is 5.75. The third-order valence-electron chi connectivity index (χ3n) is 1.67. The van der Waals surface area contributed by atoms with E-state index < -0.39 is 10.9 Å². The molecule has 0 spiro atoms. The van der Waals surface area contributed by atoms with Gasteiger partial charge in [0, 0.05) is 17.0 Å². The van der Waals surface area contributed by atoms with Crippen LogP contribution in [-0.2, 0) is 5.33 Å². The van der Waals surface area contributed by atoms with E-state index in [2.05, 4.69) is 15.9 Å². The van der Waals surface area contributed by atoms with Crippen LogP contribution in [0.3, 0.4) is 0 Å². The molecule has 0 amide bonds. The molecular formula is C10H12BrNO4. The van der Waals surface area contributed by atoms with Crippen molar-refractivity contribution in [2.75, 3.05) is 0 Å². The molecule has 1 rings (SSSR count). The molecule has 1 aromatic rings. The zero-order chi connectivity index (χ0) is 12.7. The van der Waals surface area contributed by atoms with Gasteiger partial charge in [0.1, 0.15) is 0 Å². The Morgan fingerprint density at radius 3 is 2.44 bits per heavy atom. The molecule has 1 N–H and O–H groups in total. The van der Waals surface area contributed by atoms with Gasteiger partial charge in [-0.05, 0) is 6.07 Å². The highest BCUT2D eigenvalue weighted by Crippen LogP contribution is 2.22. The van der Waals surface area contributed by atoms with Crippen molar-refractivity contribution in [2.45, 2.75) is 19.2 Å². The molecular weight excluding hydrogens is 278 g/mol. The van der Waals surface area contributed by atoms with E-state index >= 15 is 0 Å². The Balaban J connectivity index is 0.00000106. The monoisotopic (exact) mass is 289 g/mol. The molecule has 1 aromatic carbocycles. The Morgan fingerprint density at radius 2 is 2.06 bits per heavy atom. The van der Waals surface area contributed by atoms with Crippen LogP contribution in [0.2, 0.25) is 0 Å². The molecule has 0 heterocycles. The molecule has 16 heavy (non-hydrogen) atoms. The summed E-state index contributed by atoms with van der Waals surface area (Å²) in [6.45, 7) is 4.00. The molecule has 0 bridgehead atoms. The zero-order valence-corrected chi connectivity index (χ0v) is 10.5. The number of carboxylic acids is 1. The van der Waals surface area contributed by atoms with E-state index in [-0.39, 0.29) is 11.3 Å². The number of nitro groups is 1. The van der Waals surface area contributed by atoms with Crippen molar-refractivity contribution in [2.24, 2.45) is 0 Å². The zero-order valence-electron chi connectivity index (χ0n) is 8.94. The lowest BCUT2D eigenvalue weighted by molar-refractivity contribution is -0.385. The van der Waals surface area contributed by atoms with Crippen LogP contribution in [0, 0.1) is 10.1 Å². The molecule has 0 saturated carbocycles. The van der Waals surface area contributed by atoms with Crippen LogP contribution in [0.25, 0.3) is 0 Å². The molecule has 0 aliphatic carbocycles. The minimum atomic E-state index is -1.17. The van der Waals surface area contributed by atoms with E-state index in [1.165, 1.54) is 12.1 Å². The van der Waals surface area contributed by atoms with Crippen molar-refractivity contribution in [1.29, 1.82) is 0 Å². The number of nitrogens with zero attached hydrogens (tertiary/aromatic N) is 1. The number of nitro benzene ring substituents is 1. The van der Waals surface area contributed by atoms with Crippen LogP contribution in [0.5, 0.6) is 0 Å². The van der Waals surface area contributed by atoms with E-state index in [4.69, 9.17) is 5.11 Å². The van der Waals surface area contributed by atoms with Crippen molar-refractivity contribution in [3.8, 4) is 0 Å². The Morgan fingerprint density at radius 1 is 1.50 bits per heavy atom. The van der Waals surface area contributed by atoms with E-state index in [9.17, 15) is 14.9 Å². The number of hydrogen-bond acceptors (Lipinski definition) is 3. The third kappa shape index (κ3) is 3.62. The Bertz CT molecular complexity index is 392. The van der Waals surface area contributed by atoms with Crippen LogP contribution in [0.15, 0.2) is 18.2 Å². The van der Waals surface area contributed by atoms with E-state index in [0.717, 1.165) is 6.07 Å². The number of hydrogen-bond donors (Lipinski definition) is 1. The summed E-state index contributed by atoms with van der Waals surface area (Å²) in [5.74, 6) is -1.17. The molecule has 0 aliphatic heterocycles. The Kier molecular flexibility index (Phi) is 6.32. The first-order valence-electron chi connectivity index (χ1n) is 4.63. The average Bonchev–Trinajstić information content (AvgIpc) is 2.30. The van der Waals surface area contributed by atoms with E-state index in [1.54, 1.807) is 0 Å². The normalized spacial score (nSPS) is 8.94. The SMILES string of the molecule is CC.O=C(O)c1ccc(CBr)c([N+](=O)[O-])c1. The average molecular weight is 290 g/mol. The summed E-state index contributed by atoms with van der Waals surface area (Å²) in [6.07, 6.45) is 0. The predicted octanol–water partition coefficient (Wildman–Crippen LogP) is 3.21. The van der Waals surface area contributed by atoms with Crippen LogP contribution >= 0.6 is 15.9 Å². The van der Waals surface area contributed by atoms with Gasteiger partial charge in [-0.15, -0.1) is 0 Å². The van der Waals surface area contributed by atoms with Crippen molar-refractivity contribution < 1.29 is 14.8 Å². The number of benzene rings is 1. The van der Waals surface area contributed by atoms with Gasteiger partial charge in [0.05, 0.1) is 10.5 Å². The number of carbonyl (C=O) groups is 1. The van der Waals surface area contributed by atoms with E-state index in [1.807, 2.05) is 13.8 Å². The molecule has 0 atom stereocenters. The van der Waals surface area contributed by atoms with Crippen LogP contribution in [-0.4, -0.2) is 16.0 Å². The van der Waals surface area contributed by atoms with Gasteiger partial charge < -0.3 is 5.11 Å². The summed E-state index contributed by atoms with van der Waals surface area (Å²) < 4.78 is 0. The highest BCUT2D eigenvalue weighted by molar-refractivity contribution is 9.08. The maximum atomic E-state index is 10.5. The molecule has 0 radical (unpaired) electrons. The van der Waals surface area contributed by atoms with Gasteiger partial charge in [-0.1, -0.05) is 35.8 Å². The maximum Gasteiger partial charge on any atom is 0.335 e. The third-order valence-corrected chi connectivity index (χ3v) is 2.28. The maximum absolute atomic E-state index is 10.5. The van der Waals surface area contributed by atoms with Crippen LogP contribution in [0.1, 0.15) is 29.8 Å². The highest BCUT2D eigenvalue weighted by Gasteiger charge is 2.15. The van der Waals surface area contributed by atoms with Crippen molar-refractivity contribution in [3.05, 3.63) is 39.4 Å². The fraction of sp³-hybridized carbons (Fsp3) is 0.300. The largest absolute Gasteiger partial charge is 0.478 e. The Hall–Kier alpha value is -1.43. The van der Waals surface area contributed by atoms with Gasteiger partial charge in [-0.3, -0.25) is 10.1 Å². The number of aromatic carboxylic acids is 1. The number of rotatable bonds is 3. The smallest absolute Gasteiger partial charge is 0.335 e. The lowest BCUT2D eigenvalue weighted by Crippen LogP contribution is -2.00. The molecule has 88 valence electrons. The summed E-state index contributed by atoms with van der Waals surface area (Å²) in [4.78, 5) is 20.5. The lowest BCUT2D eigenvalue weighted by Gasteiger charge is -1.99. The molecule has 0 aromatic heterocycles. The van der Waals surface area contributed by atoms with Gasteiger partial charge >= 0.3 is 5.97 Å². The van der Waals surface area contributed by atoms with Gasteiger partial charge in [0.15, 0.2) is 0 Å². The minimum absolute atomic E-state index is 0.0820. The summed E-state index contributed by atoms with van der Waals surface area (Å²) in [7, 11) is 0. The summed E-state index contributed by atoms with van der Waals surface area (Å²) >= 11 is 3.09. The van der Waals surface area contributed by atoms with Gasteiger partial charge in [0.2, 0.25) is 0 Å². The molecule has 0 aliphatic rings. The quantitative estimate of drug-likeness (QED) is 0.526. The lowest BCUT2D eigenvalue weighted by atomic mass is 10.1. The van der Waals surface area contributed by atoms with Crippen molar-refractivity contribution in [1.82, 2.24) is 0 Å². The second-order valence-corrected chi connectivity index (χ2v) is 3.10. The summed E-state index contributed by atoms with van der Waals surface area (Å²) in [5, 5.41) is 19.5. The van der Waals surface area contributed by atoms with Gasteiger partial charge in [-0.2, -0.15) is 0 Å². The first kappa shape index (κ1) is 14.6. The number of carboxylic acid groups (broad SMARTS) is 1. The number of halogens is 1. The van der Waals surface area contributed by atoms with Crippen molar-refractivity contribution in [3.63, 3.8) is 0 Å². The van der Waals surface area contributed by atoms with Crippen LogP contribution < -0.4 is 0 Å². The summed E-state index contributed by atoms with van der Waals surface area (Å²) in [5.41, 5.74) is 0.197. The first-order chi connectivity index (χ1) is 7.56. The minimum Gasteiger partial charge on any atom is -0.478 e. The fourth-order valence-corrected chi connectivity index (χ4v) is 1.45. The van der Waals surface area contributed by atoms with Gasteiger partial charge in [-0.25, -0.2) is 4.79 Å². The van der Waals surface area contributed by atoms with Crippen molar-refractivity contribution >= 4 is 27.6 Å². The number of alkyl halides is 1. The van der Waals surface area contributed by atoms with Crippen LogP contribution in [0.4, 0.5) is 5.69 Å². The fourth-order valence-electron chi connectivity index (χ4n) is 0.980. The molecule has 5 nitrogen and oxygen atoms in total. The molecule has 0 fully saturated rings. The predicted molar refractivity (Wildman–Crippen MR) is 64.0 cm³/mol. The highest BCUT2D eigenvalue weighted by atomic mass is 79.9. The molecule has 6 heteroatoms. The topological polar surface area (TPSA) is 80.4 Å². The van der Waals surface area contributed by atoms with Gasteiger partial charge in [0.25, 0.3) is 5.69 Å². The molecule has 0 saturated heterocycles.